The van der Waals surface area contributed by atoms with Crippen LogP contribution in [-0.2, 0) is 22.7 Å². The lowest BCUT2D eigenvalue weighted by molar-refractivity contribution is 0.0939. The summed E-state index contributed by atoms with van der Waals surface area (Å²) in [6.45, 7) is 1.87. The van der Waals surface area contributed by atoms with Crippen LogP contribution in [0.5, 0.6) is 0 Å². The molecule has 1 N–H and O–H groups in total. The van der Waals surface area contributed by atoms with Crippen molar-refractivity contribution in [1.29, 1.82) is 0 Å². The van der Waals surface area contributed by atoms with E-state index in [2.05, 4.69) is 17.4 Å². The van der Waals surface area contributed by atoms with Crippen LogP contribution in [-0.4, -0.2) is 20.1 Å². The van der Waals surface area contributed by atoms with Gasteiger partial charge in [0.15, 0.2) is 0 Å². The van der Waals surface area contributed by atoms with Gasteiger partial charge in [-0.25, -0.2) is 8.42 Å². The van der Waals surface area contributed by atoms with Crippen molar-refractivity contribution in [3.05, 3.63) is 64.7 Å². The molecule has 144 valence electrons. The highest BCUT2D eigenvalue weighted by atomic mass is 32.2. The van der Waals surface area contributed by atoms with Crippen molar-refractivity contribution in [3.8, 4) is 0 Å². The summed E-state index contributed by atoms with van der Waals surface area (Å²) >= 11 is 0. The van der Waals surface area contributed by atoms with Crippen LogP contribution in [0.15, 0.2) is 47.4 Å². The molecule has 0 spiro atoms. The van der Waals surface area contributed by atoms with Crippen molar-refractivity contribution in [2.75, 3.05) is 0 Å². The molecule has 0 saturated heterocycles. The third kappa shape index (κ3) is 4.18. The van der Waals surface area contributed by atoms with E-state index < -0.39 is 20.5 Å². The van der Waals surface area contributed by atoms with E-state index in [1.54, 1.807) is 0 Å². The molecule has 1 atom stereocenters. The zero-order valence-corrected chi connectivity index (χ0v) is 15.7. The van der Waals surface area contributed by atoms with E-state index in [0.717, 1.165) is 30.5 Å². The molecule has 1 aliphatic carbocycles. The smallest absolute Gasteiger partial charge is 0.341 e. The highest BCUT2D eigenvalue weighted by Crippen LogP contribution is 2.25. The van der Waals surface area contributed by atoms with E-state index >= 15 is 0 Å². The van der Waals surface area contributed by atoms with Gasteiger partial charge in [0.25, 0.3) is 5.91 Å². The number of alkyl halides is 2. The number of hydrogen-bond acceptors (Lipinski definition) is 3. The number of halogens is 2. The number of amides is 1. The molecule has 0 saturated carbocycles. The average Bonchev–Trinajstić information content (AvgIpc) is 2.67. The van der Waals surface area contributed by atoms with Gasteiger partial charge in [-0.05, 0) is 73.6 Å². The van der Waals surface area contributed by atoms with Crippen molar-refractivity contribution in [2.24, 2.45) is 0 Å². The number of aryl methyl sites for hydroxylation is 2. The minimum atomic E-state index is -4.66. The van der Waals surface area contributed by atoms with Gasteiger partial charge in [0.05, 0.1) is 10.9 Å². The Hall–Kier alpha value is -2.28. The highest BCUT2D eigenvalue weighted by molar-refractivity contribution is 7.91. The van der Waals surface area contributed by atoms with Gasteiger partial charge < -0.3 is 5.32 Å². The molecule has 0 bridgehead atoms. The van der Waals surface area contributed by atoms with Crippen LogP contribution in [0.25, 0.3) is 0 Å². The van der Waals surface area contributed by atoms with Crippen molar-refractivity contribution < 1.29 is 22.0 Å². The minimum Gasteiger partial charge on any atom is -0.346 e. The summed E-state index contributed by atoms with van der Waals surface area (Å²) in [7, 11) is -4.66. The van der Waals surface area contributed by atoms with E-state index in [1.807, 2.05) is 13.0 Å². The summed E-state index contributed by atoms with van der Waals surface area (Å²) in [6, 6.07) is 10.5. The fraction of sp³-hybridized carbons (Fsp3) is 0.350. The van der Waals surface area contributed by atoms with Gasteiger partial charge in [-0.1, -0.05) is 18.2 Å². The predicted molar refractivity (Wildman–Crippen MR) is 98.6 cm³/mol. The number of nitrogens with one attached hydrogen (secondary N) is 1. The molecule has 3 rings (SSSR count). The summed E-state index contributed by atoms with van der Waals surface area (Å²) in [4.78, 5) is 11.9. The fourth-order valence-corrected chi connectivity index (χ4v) is 4.01. The van der Waals surface area contributed by atoms with Crippen LogP contribution in [0.4, 0.5) is 8.78 Å². The normalized spacial score (nSPS) is 15.3. The van der Waals surface area contributed by atoms with Gasteiger partial charge in [0, 0.05) is 5.56 Å². The number of sulfone groups is 1. The van der Waals surface area contributed by atoms with Crippen LogP contribution in [0.3, 0.4) is 0 Å². The number of carbonyl (C=O) groups is 1. The maximum atomic E-state index is 12.6. The molecule has 0 unspecified atom stereocenters. The Bertz CT molecular complexity index is 940. The Kier molecular flexibility index (Phi) is 5.60. The summed E-state index contributed by atoms with van der Waals surface area (Å²) in [6.07, 6.45) is 4.51. The lowest BCUT2D eigenvalue weighted by Gasteiger charge is -2.20. The van der Waals surface area contributed by atoms with E-state index in [9.17, 15) is 22.0 Å². The summed E-state index contributed by atoms with van der Waals surface area (Å²) in [5.41, 5.74) is 3.90. The predicted octanol–water partition coefficient (Wildman–Crippen LogP) is 4.05. The first-order valence-electron chi connectivity index (χ1n) is 8.83. The average molecular weight is 393 g/mol. The second kappa shape index (κ2) is 7.76. The van der Waals surface area contributed by atoms with Crippen molar-refractivity contribution in [3.63, 3.8) is 0 Å². The van der Waals surface area contributed by atoms with Gasteiger partial charge in [-0.3, -0.25) is 4.79 Å². The van der Waals surface area contributed by atoms with Gasteiger partial charge in [0.2, 0.25) is 9.84 Å². The topological polar surface area (TPSA) is 63.2 Å². The Morgan fingerprint density at radius 3 is 2.26 bits per heavy atom. The molecular formula is C20H21F2NO3S. The summed E-state index contributed by atoms with van der Waals surface area (Å²) in [5, 5.41) is 2.86. The molecule has 0 heterocycles. The molecule has 0 radical (unpaired) electrons. The fourth-order valence-electron chi connectivity index (χ4n) is 3.28. The van der Waals surface area contributed by atoms with Crippen LogP contribution < -0.4 is 5.32 Å². The van der Waals surface area contributed by atoms with Gasteiger partial charge in [0.1, 0.15) is 0 Å². The number of carbonyl (C=O) groups excluding carboxylic acids is 1. The molecule has 4 nitrogen and oxygen atoms in total. The van der Waals surface area contributed by atoms with E-state index in [-0.39, 0.29) is 17.5 Å². The highest BCUT2D eigenvalue weighted by Gasteiger charge is 2.26. The van der Waals surface area contributed by atoms with E-state index in [4.69, 9.17) is 0 Å². The van der Waals surface area contributed by atoms with Gasteiger partial charge in [-0.15, -0.1) is 0 Å². The molecule has 2 aromatic rings. The number of fused-ring (bicyclic) bond motifs is 1. The zero-order chi connectivity index (χ0) is 19.6. The Balaban J connectivity index is 1.71. The Morgan fingerprint density at radius 2 is 1.63 bits per heavy atom. The van der Waals surface area contributed by atoms with Crippen molar-refractivity contribution in [1.82, 2.24) is 5.32 Å². The zero-order valence-electron chi connectivity index (χ0n) is 14.9. The van der Waals surface area contributed by atoms with Crippen LogP contribution in [0.1, 0.15) is 52.9 Å². The first-order valence-corrected chi connectivity index (χ1v) is 10.4. The minimum absolute atomic E-state index is 0.216. The molecule has 27 heavy (non-hydrogen) atoms. The first-order chi connectivity index (χ1) is 12.8. The monoisotopic (exact) mass is 393 g/mol. The van der Waals surface area contributed by atoms with Crippen LogP contribution in [0, 0.1) is 0 Å². The molecule has 7 heteroatoms. The van der Waals surface area contributed by atoms with Crippen molar-refractivity contribution in [2.45, 2.75) is 49.3 Å². The van der Waals surface area contributed by atoms with Crippen molar-refractivity contribution >= 4 is 15.7 Å². The SMILES string of the molecule is C[C@H](NC(=O)c1ccc(S(=O)(=O)C(F)F)cc1)c1ccc2c(c1)CCCC2. The lowest BCUT2D eigenvalue weighted by Crippen LogP contribution is -2.27. The maximum Gasteiger partial charge on any atom is 0.341 e. The Morgan fingerprint density at radius 1 is 1.00 bits per heavy atom. The Labute approximate surface area is 157 Å². The van der Waals surface area contributed by atoms with Gasteiger partial charge in [-0.2, -0.15) is 8.78 Å². The standard InChI is InChI=1S/C20H21F2NO3S/c1-13(16-7-6-14-4-2-3-5-17(14)12-16)23-19(24)15-8-10-18(11-9-15)27(25,26)20(21)22/h6-13,20H,2-5H2,1H3,(H,23,24)/t13-/m0/s1. The number of benzene rings is 2. The summed E-state index contributed by atoms with van der Waals surface area (Å²) in [5.74, 6) is -3.87. The van der Waals surface area contributed by atoms with E-state index in [0.29, 0.717) is 0 Å². The third-order valence-corrected chi connectivity index (χ3v) is 6.30. The lowest BCUT2D eigenvalue weighted by atomic mass is 9.89. The maximum absolute atomic E-state index is 12.6. The summed E-state index contributed by atoms with van der Waals surface area (Å²) < 4.78 is 48.0. The number of hydrogen-bond donors (Lipinski definition) is 1. The largest absolute Gasteiger partial charge is 0.346 e. The van der Waals surface area contributed by atoms with Gasteiger partial charge >= 0.3 is 5.76 Å². The second-order valence-corrected chi connectivity index (χ2v) is 8.68. The molecule has 1 aliphatic rings. The molecule has 1 amide bonds. The molecule has 0 fully saturated rings. The van der Waals surface area contributed by atoms with E-state index in [1.165, 1.54) is 36.1 Å². The quantitative estimate of drug-likeness (QED) is 0.834. The first kappa shape index (κ1) is 19.5. The molecular weight excluding hydrogens is 372 g/mol. The molecule has 0 aromatic heterocycles. The second-order valence-electron chi connectivity index (χ2n) is 6.76. The third-order valence-electron chi connectivity index (χ3n) is 4.90. The van der Waals surface area contributed by atoms with Crippen LogP contribution in [0.2, 0.25) is 0 Å². The molecule has 0 aliphatic heterocycles. The van der Waals surface area contributed by atoms with Crippen LogP contribution >= 0.6 is 0 Å². The number of rotatable bonds is 5. The molecule has 2 aromatic carbocycles.